The van der Waals surface area contributed by atoms with Gasteiger partial charge in [-0.25, -0.2) is 4.68 Å². The van der Waals surface area contributed by atoms with Crippen LogP contribution in [-0.4, -0.2) is 61.6 Å². The molecular weight excluding hydrogens is 446 g/mol. The largest absolute Gasteiger partial charge is 0.491 e. The van der Waals surface area contributed by atoms with Crippen molar-refractivity contribution in [1.29, 1.82) is 0 Å². The zero-order valence-corrected chi connectivity index (χ0v) is 19.5. The molecule has 0 aliphatic rings. The van der Waals surface area contributed by atoms with Crippen molar-refractivity contribution in [3.05, 3.63) is 71.5 Å². The van der Waals surface area contributed by atoms with Crippen LogP contribution in [0.25, 0.3) is 0 Å². The molecule has 0 radical (unpaired) electrons. The summed E-state index contributed by atoms with van der Waals surface area (Å²) in [6.07, 6.45) is 0.133. The van der Waals surface area contributed by atoms with E-state index in [1.807, 2.05) is 48.5 Å². The van der Waals surface area contributed by atoms with Gasteiger partial charge in [0.1, 0.15) is 42.6 Å². The van der Waals surface area contributed by atoms with Crippen LogP contribution in [0, 0.1) is 0 Å². The molecule has 3 rings (SSSR count). The summed E-state index contributed by atoms with van der Waals surface area (Å²) in [5.41, 5.74) is 2.44. The van der Waals surface area contributed by atoms with Crippen molar-refractivity contribution < 1.29 is 24.8 Å². The zero-order valence-electron chi connectivity index (χ0n) is 18.8. The minimum absolute atomic E-state index is 0.108. The van der Waals surface area contributed by atoms with Crippen LogP contribution in [0.1, 0.15) is 30.7 Å². The van der Waals surface area contributed by atoms with Gasteiger partial charge in [-0.3, -0.25) is 0 Å². The van der Waals surface area contributed by atoms with E-state index in [0.717, 1.165) is 11.1 Å². The lowest BCUT2D eigenvalue weighted by atomic mass is 9.78. The van der Waals surface area contributed by atoms with Crippen molar-refractivity contribution in [1.82, 2.24) is 15.0 Å². The summed E-state index contributed by atoms with van der Waals surface area (Å²) < 4.78 is 12.7. The van der Waals surface area contributed by atoms with E-state index in [9.17, 15) is 10.2 Å². The van der Waals surface area contributed by atoms with Crippen LogP contribution in [0.5, 0.6) is 11.5 Å². The van der Waals surface area contributed by atoms with Gasteiger partial charge in [0, 0.05) is 5.41 Å². The number of alkyl halides is 1. The maximum atomic E-state index is 10.2. The van der Waals surface area contributed by atoms with Gasteiger partial charge in [0.25, 0.3) is 0 Å². The molecule has 3 N–H and O–H groups in total. The maximum Gasteiger partial charge on any atom is 0.119 e. The lowest BCUT2D eigenvalue weighted by molar-refractivity contribution is 0.0888. The number of rotatable bonds is 12. The molecule has 2 atom stereocenters. The van der Waals surface area contributed by atoms with Crippen molar-refractivity contribution in [2.75, 3.05) is 19.1 Å². The number of halogens is 1. The van der Waals surface area contributed by atoms with E-state index in [2.05, 4.69) is 24.2 Å². The Bertz CT molecular complexity index is 992. The first kappa shape index (κ1) is 25.0. The summed E-state index contributed by atoms with van der Waals surface area (Å²) in [5.74, 6) is 1.47. The van der Waals surface area contributed by atoms with E-state index in [1.54, 1.807) is 6.20 Å². The monoisotopic (exact) mass is 475 g/mol. The van der Waals surface area contributed by atoms with E-state index in [1.165, 1.54) is 4.68 Å². The van der Waals surface area contributed by atoms with Crippen LogP contribution in [0.2, 0.25) is 0 Å². The minimum Gasteiger partial charge on any atom is -0.491 e. The van der Waals surface area contributed by atoms with Gasteiger partial charge >= 0.3 is 0 Å². The van der Waals surface area contributed by atoms with Gasteiger partial charge in [-0.1, -0.05) is 43.3 Å². The zero-order chi connectivity index (χ0) is 23.8. The molecule has 0 bridgehead atoms. The average molecular weight is 476 g/mol. The number of nitrogens with zero attached hydrogens (tertiary/aromatic N) is 3. The van der Waals surface area contributed by atoms with Crippen LogP contribution in [0.15, 0.2) is 54.7 Å². The fourth-order valence-corrected chi connectivity index (χ4v) is 3.39. The molecule has 0 saturated carbocycles. The molecule has 178 valence electrons. The first-order valence-corrected chi connectivity index (χ1v) is 11.2. The fourth-order valence-electron chi connectivity index (χ4n) is 3.30. The molecule has 0 aliphatic carbocycles. The highest BCUT2D eigenvalue weighted by Gasteiger charge is 2.23. The Morgan fingerprint density at radius 3 is 1.88 bits per heavy atom. The third-order valence-corrected chi connectivity index (χ3v) is 5.72. The van der Waals surface area contributed by atoms with Crippen LogP contribution in [0.3, 0.4) is 0 Å². The molecule has 0 unspecified atom stereocenters. The Balaban J connectivity index is 1.55. The van der Waals surface area contributed by atoms with E-state index >= 15 is 0 Å². The predicted molar refractivity (Wildman–Crippen MR) is 125 cm³/mol. The number of aliphatic hydroxyl groups excluding tert-OH is 3. The highest BCUT2D eigenvalue weighted by Crippen LogP contribution is 2.33. The molecule has 9 heteroatoms. The highest BCUT2D eigenvalue weighted by molar-refractivity contribution is 6.18. The summed E-state index contributed by atoms with van der Waals surface area (Å²) in [7, 11) is 0. The summed E-state index contributed by atoms with van der Waals surface area (Å²) in [6.45, 7) is 4.58. The molecule has 33 heavy (non-hydrogen) atoms. The Morgan fingerprint density at radius 2 is 1.42 bits per heavy atom. The van der Waals surface area contributed by atoms with E-state index in [4.69, 9.17) is 26.2 Å². The third kappa shape index (κ3) is 6.91. The summed E-state index contributed by atoms with van der Waals surface area (Å²) in [5, 5.41) is 36.3. The molecule has 0 amide bonds. The first-order valence-electron chi connectivity index (χ1n) is 10.7. The SMILES string of the molecule is CC(C)(c1ccc(OC[C@H](O)CCl)cc1)c1ccc(OC[C@@H](O)Cn2cc(CO)nn2)cc1. The smallest absolute Gasteiger partial charge is 0.119 e. The lowest BCUT2D eigenvalue weighted by Crippen LogP contribution is -2.24. The van der Waals surface area contributed by atoms with Crippen molar-refractivity contribution in [2.45, 2.75) is 44.6 Å². The Hall–Kier alpha value is -2.65. The van der Waals surface area contributed by atoms with Crippen LogP contribution < -0.4 is 9.47 Å². The molecule has 0 saturated heterocycles. The maximum absolute atomic E-state index is 10.2. The first-order chi connectivity index (χ1) is 15.8. The van der Waals surface area contributed by atoms with Crippen LogP contribution in [0.4, 0.5) is 0 Å². The summed E-state index contributed by atoms with van der Waals surface area (Å²) in [6, 6.07) is 15.6. The topological polar surface area (TPSA) is 110 Å². The molecule has 1 heterocycles. The normalized spacial score (nSPS) is 13.5. The Morgan fingerprint density at radius 1 is 0.909 bits per heavy atom. The van der Waals surface area contributed by atoms with Crippen molar-refractivity contribution >= 4 is 11.6 Å². The van der Waals surface area contributed by atoms with Gasteiger partial charge in [0.05, 0.1) is 25.2 Å². The van der Waals surface area contributed by atoms with Crippen molar-refractivity contribution in [3.63, 3.8) is 0 Å². The van der Waals surface area contributed by atoms with Gasteiger partial charge in [0.15, 0.2) is 0 Å². The molecule has 2 aromatic carbocycles. The molecule has 0 spiro atoms. The number of benzene rings is 2. The summed E-state index contributed by atoms with van der Waals surface area (Å²) >= 11 is 5.59. The Kier molecular flexibility index (Phi) is 8.68. The third-order valence-electron chi connectivity index (χ3n) is 5.36. The van der Waals surface area contributed by atoms with E-state index < -0.39 is 12.2 Å². The Labute approximate surface area is 198 Å². The fraction of sp³-hybridized carbons (Fsp3) is 0.417. The molecular formula is C24H30ClN3O5. The van der Waals surface area contributed by atoms with Crippen molar-refractivity contribution in [2.24, 2.45) is 0 Å². The molecule has 0 fully saturated rings. The number of hydrogen-bond donors (Lipinski definition) is 3. The van der Waals surface area contributed by atoms with Gasteiger partial charge in [-0.05, 0) is 35.4 Å². The minimum atomic E-state index is -0.763. The number of aromatic nitrogens is 3. The average Bonchev–Trinajstić information content (AvgIpc) is 3.29. The molecule has 3 aromatic rings. The quantitative estimate of drug-likeness (QED) is 0.345. The van der Waals surface area contributed by atoms with Gasteiger partial charge in [-0.2, -0.15) is 0 Å². The van der Waals surface area contributed by atoms with Gasteiger partial charge in [-0.15, -0.1) is 16.7 Å². The predicted octanol–water partition coefficient (Wildman–Crippen LogP) is 2.51. The van der Waals surface area contributed by atoms with Gasteiger partial charge < -0.3 is 24.8 Å². The highest BCUT2D eigenvalue weighted by atomic mass is 35.5. The number of aliphatic hydroxyl groups is 3. The molecule has 8 nitrogen and oxygen atoms in total. The molecule has 1 aromatic heterocycles. The van der Waals surface area contributed by atoms with Gasteiger partial charge in [0.2, 0.25) is 0 Å². The molecule has 0 aliphatic heterocycles. The second-order valence-corrected chi connectivity index (χ2v) is 8.66. The second-order valence-electron chi connectivity index (χ2n) is 8.35. The van der Waals surface area contributed by atoms with Crippen molar-refractivity contribution in [3.8, 4) is 11.5 Å². The number of ether oxygens (including phenoxy) is 2. The van der Waals surface area contributed by atoms with E-state index in [-0.39, 0.29) is 37.7 Å². The van der Waals surface area contributed by atoms with Crippen LogP contribution in [-0.2, 0) is 18.6 Å². The number of hydrogen-bond acceptors (Lipinski definition) is 7. The van der Waals surface area contributed by atoms with E-state index in [0.29, 0.717) is 17.2 Å². The van der Waals surface area contributed by atoms with Crippen LogP contribution >= 0.6 is 11.6 Å². The second kappa shape index (κ2) is 11.5. The standard InChI is InChI=1S/C24H30ClN3O5/c1-24(2,17-3-7-22(8-4-17)32-15-20(30)11-25)18-5-9-23(10-6-18)33-16-21(31)13-28-12-19(14-29)26-27-28/h3-10,12,20-21,29-31H,11,13-16H2,1-2H3/t20-,21+/m1/s1. The summed E-state index contributed by atoms with van der Waals surface area (Å²) in [4.78, 5) is 0. The lowest BCUT2D eigenvalue weighted by Gasteiger charge is -2.26.